The van der Waals surface area contributed by atoms with Crippen molar-refractivity contribution in [2.24, 2.45) is 5.92 Å². The molecule has 0 heterocycles. The van der Waals surface area contributed by atoms with Crippen LogP contribution in [-0.2, 0) is 4.74 Å². The lowest BCUT2D eigenvalue weighted by Crippen LogP contribution is -2.37. The van der Waals surface area contributed by atoms with Crippen molar-refractivity contribution in [3.8, 4) is 0 Å². The lowest BCUT2D eigenvalue weighted by Gasteiger charge is -2.34. The van der Waals surface area contributed by atoms with Crippen molar-refractivity contribution in [1.82, 2.24) is 0 Å². The summed E-state index contributed by atoms with van der Waals surface area (Å²) < 4.78 is 19.3. The van der Waals surface area contributed by atoms with Gasteiger partial charge in [0.05, 0.1) is 11.7 Å². The van der Waals surface area contributed by atoms with Crippen LogP contribution >= 0.6 is 0 Å². The summed E-state index contributed by atoms with van der Waals surface area (Å²) in [6, 6.07) is 0. The molecule has 0 N–H and O–H groups in total. The molecule has 86 valence electrons. The second-order valence-corrected chi connectivity index (χ2v) is 5.72. The summed E-state index contributed by atoms with van der Waals surface area (Å²) in [5.41, 5.74) is -1.55. The first-order chi connectivity index (χ1) is 6.03. The van der Waals surface area contributed by atoms with E-state index in [-0.39, 0.29) is 11.7 Å². The Hall–Kier alpha value is -0.110. The topological polar surface area (TPSA) is 9.23 Å². The average molecular weight is 204 g/mol. The highest BCUT2D eigenvalue weighted by molar-refractivity contribution is 4.81. The molecular weight excluding hydrogens is 179 g/mol. The first-order valence-electron chi connectivity index (χ1n) is 5.40. The third-order valence-electron chi connectivity index (χ3n) is 2.29. The third-order valence-corrected chi connectivity index (χ3v) is 2.29. The standard InChI is InChI=1S/C12H25FO/c1-9(2)10(3)14-12(6,7)8-11(4,5)13/h9-10H,8H2,1-7H3. The Morgan fingerprint density at radius 3 is 1.79 bits per heavy atom. The van der Waals surface area contributed by atoms with Gasteiger partial charge in [0, 0.05) is 6.42 Å². The van der Waals surface area contributed by atoms with Crippen LogP contribution < -0.4 is 0 Å². The van der Waals surface area contributed by atoms with Crippen molar-refractivity contribution >= 4 is 0 Å². The first-order valence-corrected chi connectivity index (χ1v) is 5.40. The Labute approximate surface area is 88.0 Å². The molecule has 0 saturated heterocycles. The van der Waals surface area contributed by atoms with Crippen molar-refractivity contribution in [3.63, 3.8) is 0 Å². The fourth-order valence-corrected chi connectivity index (χ4v) is 1.69. The molecule has 0 bridgehead atoms. The summed E-state index contributed by atoms with van der Waals surface area (Å²) in [5, 5.41) is 0. The van der Waals surface area contributed by atoms with E-state index in [4.69, 9.17) is 4.74 Å². The van der Waals surface area contributed by atoms with Crippen molar-refractivity contribution < 1.29 is 9.13 Å². The highest BCUT2D eigenvalue weighted by Crippen LogP contribution is 2.28. The number of ether oxygens (including phenoxy) is 1. The molecule has 0 fully saturated rings. The minimum absolute atomic E-state index is 0.173. The van der Waals surface area contributed by atoms with Gasteiger partial charge in [-0.1, -0.05) is 13.8 Å². The Bertz CT molecular complexity index is 168. The van der Waals surface area contributed by atoms with Crippen LogP contribution in [0.4, 0.5) is 4.39 Å². The molecule has 0 aromatic heterocycles. The molecule has 1 unspecified atom stereocenters. The van der Waals surface area contributed by atoms with Crippen LogP contribution in [0.5, 0.6) is 0 Å². The number of alkyl halides is 1. The lowest BCUT2D eigenvalue weighted by atomic mass is 9.93. The minimum atomic E-state index is -1.17. The molecule has 0 aliphatic rings. The monoisotopic (exact) mass is 204 g/mol. The van der Waals surface area contributed by atoms with E-state index >= 15 is 0 Å². The molecule has 1 nitrogen and oxygen atoms in total. The Balaban J connectivity index is 4.20. The number of hydrogen-bond donors (Lipinski definition) is 0. The van der Waals surface area contributed by atoms with E-state index in [0.717, 1.165) is 0 Å². The summed E-state index contributed by atoms with van der Waals surface area (Å²) >= 11 is 0. The molecule has 0 radical (unpaired) electrons. The normalized spacial score (nSPS) is 16.1. The van der Waals surface area contributed by atoms with Crippen LogP contribution in [-0.4, -0.2) is 17.4 Å². The number of halogens is 1. The van der Waals surface area contributed by atoms with Crippen LogP contribution in [0, 0.1) is 5.92 Å². The molecule has 0 amide bonds. The summed E-state index contributed by atoms with van der Waals surface area (Å²) in [6.45, 7) is 13.4. The number of hydrogen-bond acceptors (Lipinski definition) is 1. The molecule has 2 heteroatoms. The molecule has 0 rings (SSSR count). The van der Waals surface area contributed by atoms with Crippen molar-refractivity contribution in [3.05, 3.63) is 0 Å². The van der Waals surface area contributed by atoms with E-state index in [1.807, 2.05) is 20.8 Å². The summed E-state index contributed by atoms with van der Waals surface area (Å²) in [4.78, 5) is 0. The van der Waals surface area contributed by atoms with Gasteiger partial charge in [-0.15, -0.1) is 0 Å². The molecule has 0 aliphatic heterocycles. The molecule has 0 spiro atoms. The third kappa shape index (κ3) is 6.36. The van der Waals surface area contributed by atoms with E-state index in [1.54, 1.807) is 13.8 Å². The maximum atomic E-state index is 13.5. The molecule has 0 aliphatic carbocycles. The second-order valence-electron chi connectivity index (χ2n) is 5.72. The van der Waals surface area contributed by atoms with Gasteiger partial charge in [-0.2, -0.15) is 0 Å². The van der Waals surface area contributed by atoms with E-state index < -0.39 is 5.67 Å². The SMILES string of the molecule is CC(C)C(C)OC(C)(C)CC(C)(C)F. The van der Waals surface area contributed by atoms with Crippen LogP contribution in [0.15, 0.2) is 0 Å². The largest absolute Gasteiger partial charge is 0.372 e. The quantitative estimate of drug-likeness (QED) is 0.658. The summed E-state index contributed by atoms with van der Waals surface area (Å²) in [7, 11) is 0. The zero-order valence-electron chi connectivity index (χ0n) is 10.6. The van der Waals surface area contributed by atoms with Gasteiger partial charge in [-0.05, 0) is 40.5 Å². The van der Waals surface area contributed by atoms with Gasteiger partial charge in [0.2, 0.25) is 0 Å². The van der Waals surface area contributed by atoms with E-state index in [2.05, 4.69) is 13.8 Å². The van der Waals surface area contributed by atoms with Crippen molar-refractivity contribution in [1.29, 1.82) is 0 Å². The van der Waals surface area contributed by atoms with E-state index in [1.165, 1.54) is 0 Å². The fourth-order valence-electron chi connectivity index (χ4n) is 1.69. The molecule has 14 heavy (non-hydrogen) atoms. The Kier molecular flexibility index (Phi) is 4.57. The van der Waals surface area contributed by atoms with Gasteiger partial charge < -0.3 is 4.74 Å². The van der Waals surface area contributed by atoms with Gasteiger partial charge in [-0.25, -0.2) is 4.39 Å². The predicted octanol–water partition coefficient (Wildman–Crippen LogP) is 3.96. The Morgan fingerprint density at radius 2 is 1.50 bits per heavy atom. The van der Waals surface area contributed by atoms with E-state index in [9.17, 15) is 4.39 Å². The zero-order valence-corrected chi connectivity index (χ0v) is 10.6. The van der Waals surface area contributed by atoms with Crippen molar-refractivity contribution in [2.75, 3.05) is 0 Å². The van der Waals surface area contributed by atoms with Crippen LogP contribution in [0.3, 0.4) is 0 Å². The molecule has 0 aromatic carbocycles. The smallest absolute Gasteiger partial charge is 0.108 e. The van der Waals surface area contributed by atoms with Gasteiger partial charge in [0.25, 0.3) is 0 Å². The van der Waals surface area contributed by atoms with Crippen molar-refractivity contribution in [2.45, 2.75) is 72.3 Å². The highest BCUT2D eigenvalue weighted by Gasteiger charge is 2.31. The number of rotatable bonds is 5. The average Bonchev–Trinajstić information content (AvgIpc) is 1.78. The van der Waals surface area contributed by atoms with Crippen LogP contribution in [0.2, 0.25) is 0 Å². The van der Waals surface area contributed by atoms with E-state index in [0.29, 0.717) is 12.3 Å². The first kappa shape index (κ1) is 13.9. The van der Waals surface area contributed by atoms with Crippen LogP contribution in [0.1, 0.15) is 54.9 Å². The summed E-state index contributed by atoms with van der Waals surface area (Å²) in [6.07, 6.45) is 0.601. The maximum Gasteiger partial charge on any atom is 0.108 e. The minimum Gasteiger partial charge on any atom is -0.372 e. The maximum absolute atomic E-state index is 13.5. The van der Waals surface area contributed by atoms with Gasteiger partial charge in [0.15, 0.2) is 0 Å². The Morgan fingerprint density at radius 1 is 1.07 bits per heavy atom. The predicted molar refractivity (Wildman–Crippen MR) is 59.3 cm³/mol. The van der Waals surface area contributed by atoms with Gasteiger partial charge in [-0.3, -0.25) is 0 Å². The zero-order chi connectivity index (χ0) is 11.6. The lowest BCUT2D eigenvalue weighted by molar-refractivity contribution is -0.103. The summed E-state index contributed by atoms with van der Waals surface area (Å²) in [5.74, 6) is 0.469. The molecule has 1 atom stereocenters. The fraction of sp³-hybridized carbons (Fsp3) is 1.00. The molecule has 0 saturated carbocycles. The van der Waals surface area contributed by atoms with Gasteiger partial charge in [0.1, 0.15) is 5.67 Å². The second kappa shape index (κ2) is 4.61. The molecule has 0 aromatic rings. The molecular formula is C12H25FO. The van der Waals surface area contributed by atoms with Crippen LogP contribution in [0.25, 0.3) is 0 Å². The highest BCUT2D eigenvalue weighted by atomic mass is 19.1. The van der Waals surface area contributed by atoms with Gasteiger partial charge >= 0.3 is 0 Å².